The summed E-state index contributed by atoms with van der Waals surface area (Å²) in [5.41, 5.74) is 2.11. The lowest BCUT2D eigenvalue weighted by Gasteiger charge is -2.28. The van der Waals surface area contributed by atoms with Gasteiger partial charge in [-0.2, -0.15) is 0 Å². The van der Waals surface area contributed by atoms with E-state index in [1.165, 1.54) is 5.69 Å². The maximum absolute atomic E-state index is 11.4. The molecular formula is C16H23N3O3. The third-order valence-corrected chi connectivity index (χ3v) is 3.19. The molecule has 0 radical (unpaired) electrons. The number of benzene rings is 1. The van der Waals surface area contributed by atoms with Crippen molar-refractivity contribution in [1.29, 1.82) is 0 Å². The number of oxime groups is 1. The smallest absolute Gasteiger partial charge is 0.260 e. The van der Waals surface area contributed by atoms with Crippen LogP contribution in [-0.4, -0.2) is 51.1 Å². The lowest BCUT2D eigenvalue weighted by molar-refractivity contribution is -0.126. The molecule has 1 aliphatic rings. The van der Waals surface area contributed by atoms with E-state index >= 15 is 0 Å². The van der Waals surface area contributed by atoms with E-state index in [-0.39, 0.29) is 18.6 Å². The summed E-state index contributed by atoms with van der Waals surface area (Å²) < 4.78 is 5.34. The van der Waals surface area contributed by atoms with Crippen molar-refractivity contribution in [3.05, 3.63) is 29.8 Å². The van der Waals surface area contributed by atoms with E-state index in [1.54, 1.807) is 6.21 Å². The lowest BCUT2D eigenvalue weighted by Crippen LogP contribution is -2.36. The Morgan fingerprint density at radius 3 is 2.68 bits per heavy atom. The number of nitrogens with zero attached hydrogens (tertiary/aromatic N) is 2. The van der Waals surface area contributed by atoms with Crippen LogP contribution in [0.2, 0.25) is 0 Å². The molecule has 6 heteroatoms. The quantitative estimate of drug-likeness (QED) is 0.637. The number of rotatable bonds is 6. The van der Waals surface area contributed by atoms with Crippen LogP contribution in [0.4, 0.5) is 5.69 Å². The van der Waals surface area contributed by atoms with E-state index in [0.717, 1.165) is 31.9 Å². The van der Waals surface area contributed by atoms with Crippen LogP contribution in [0.15, 0.2) is 29.4 Å². The SMILES string of the molecule is CC(C)NC(=O)CON=Cc1ccc(N2CCOCC2)cc1. The van der Waals surface area contributed by atoms with Gasteiger partial charge < -0.3 is 19.8 Å². The molecule has 1 aliphatic heterocycles. The Bertz CT molecular complexity index is 494. The fourth-order valence-corrected chi connectivity index (χ4v) is 2.15. The van der Waals surface area contributed by atoms with Crippen molar-refractivity contribution >= 4 is 17.8 Å². The Morgan fingerprint density at radius 1 is 1.36 bits per heavy atom. The van der Waals surface area contributed by atoms with Crippen LogP contribution in [0.5, 0.6) is 0 Å². The van der Waals surface area contributed by atoms with Gasteiger partial charge in [-0.25, -0.2) is 0 Å². The van der Waals surface area contributed by atoms with Gasteiger partial charge in [0.05, 0.1) is 19.4 Å². The zero-order valence-corrected chi connectivity index (χ0v) is 13.1. The molecule has 120 valence electrons. The van der Waals surface area contributed by atoms with Gasteiger partial charge in [0.25, 0.3) is 5.91 Å². The molecule has 1 fully saturated rings. The van der Waals surface area contributed by atoms with Crippen LogP contribution in [0.1, 0.15) is 19.4 Å². The molecule has 1 saturated heterocycles. The topological polar surface area (TPSA) is 63.2 Å². The number of ether oxygens (including phenoxy) is 1. The van der Waals surface area contributed by atoms with Crippen molar-refractivity contribution in [3.8, 4) is 0 Å². The molecule has 0 saturated carbocycles. The van der Waals surface area contributed by atoms with E-state index in [1.807, 2.05) is 26.0 Å². The zero-order valence-electron chi connectivity index (χ0n) is 13.1. The average molecular weight is 305 g/mol. The highest BCUT2D eigenvalue weighted by Gasteiger charge is 2.10. The molecule has 0 aliphatic carbocycles. The van der Waals surface area contributed by atoms with Crippen LogP contribution in [0, 0.1) is 0 Å². The summed E-state index contributed by atoms with van der Waals surface area (Å²) >= 11 is 0. The molecule has 1 heterocycles. The summed E-state index contributed by atoms with van der Waals surface area (Å²) in [4.78, 5) is 18.6. The first-order valence-corrected chi connectivity index (χ1v) is 7.52. The highest BCUT2D eigenvalue weighted by atomic mass is 16.6. The molecule has 0 aromatic heterocycles. The van der Waals surface area contributed by atoms with Gasteiger partial charge in [-0.1, -0.05) is 17.3 Å². The molecular weight excluding hydrogens is 282 g/mol. The molecule has 1 aromatic carbocycles. The number of carbonyl (C=O) groups excluding carboxylic acids is 1. The number of nitrogens with one attached hydrogen (secondary N) is 1. The maximum atomic E-state index is 11.4. The second-order valence-corrected chi connectivity index (χ2v) is 5.42. The molecule has 1 amide bonds. The average Bonchev–Trinajstić information content (AvgIpc) is 2.52. The second-order valence-electron chi connectivity index (χ2n) is 5.42. The van der Waals surface area contributed by atoms with Crippen molar-refractivity contribution in [3.63, 3.8) is 0 Å². The summed E-state index contributed by atoms with van der Waals surface area (Å²) in [6.07, 6.45) is 1.60. The van der Waals surface area contributed by atoms with Crippen molar-refractivity contribution < 1.29 is 14.4 Å². The van der Waals surface area contributed by atoms with E-state index in [2.05, 4.69) is 27.5 Å². The summed E-state index contributed by atoms with van der Waals surface area (Å²) in [5.74, 6) is -0.171. The number of hydrogen-bond donors (Lipinski definition) is 1. The molecule has 1 aromatic rings. The minimum atomic E-state index is -0.171. The Morgan fingerprint density at radius 2 is 2.05 bits per heavy atom. The molecule has 0 unspecified atom stereocenters. The predicted molar refractivity (Wildman–Crippen MR) is 86.3 cm³/mol. The largest absolute Gasteiger partial charge is 0.386 e. The Kier molecular flexibility index (Phi) is 6.21. The fraction of sp³-hybridized carbons (Fsp3) is 0.500. The minimum Gasteiger partial charge on any atom is -0.386 e. The Hall–Kier alpha value is -2.08. The summed E-state index contributed by atoms with van der Waals surface area (Å²) in [7, 11) is 0. The number of hydrogen-bond acceptors (Lipinski definition) is 5. The molecule has 0 spiro atoms. The van der Waals surface area contributed by atoms with Crippen LogP contribution in [0.3, 0.4) is 0 Å². The fourth-order valence-electron chi connectivity index (χ4n) is 2.15. The number of anilines is 1. The van der Waals surface area contributed by atoms with Crippen LogP contribution < -0.4 is 10.2 Å². The summed E-state index contributed by atoms with van der Waals surface area (Å²) in [6, 6.07) is 8.17. The molecule has 1 N–H and O–H groups in total. The zero-order chi connectivity index (χ0) is 15.8. The highest BCUT2D eigenvalue weighted by Crippen LogP contribution is 2.15. The standard InChI is InChI=1S/C16H23N3O3/c1-13(2)18-16(20)12-22-17-11-14-3-5-15(6-4-14)19-7-9-21-10-8-19/h3-6,11,13H,7-10,12H2,1-2H3,(H,18,20). The van der Waals surface area contributed by atoms with Gasteiger partial charge in [-0.3, -0.25) is 4.79 Å². The molecule has 0 atom stereocenters. The third-order valence-electron chi connectivity index (χ3n) is 3.19. The van der Waals surface area contributed by atoms with Crippen molar-refractivity contribution in [2.24, 2.45) is 5.16 Å². The normalized spacial score (nSPS) is 15.3. The summed E-state index contributed by atoms with van der Waals surface area (Å²) in [6.45, 7) is 7.11. The van der Waals surface area contributed by atoms with Crippen molar-refractivity contribution in [1.82, 2.24) is 5.32 Å². The highest BCUT2D eigenvalue weighted by molar-refractivity contribution is 5.80. The predicted octanol–water partition coefficient (Wildman–Crippen LogP) is 1.40. The molecule has 0 bridgehead atoms. The monoisotopic (exact) mass is 305 g/mol. The first kappa shape index (κ1) is 16.3. The van der Waals surface area contributed by atoms with Gasteiger partial charge in [0.1, 0.15) is 0 Å². The van der Waals surface area contributed by atoms with Crippen molar-refractivity contribution in [2.45, 2.75) is 19.9 Å². The van der Waals surface area contributed by atoms with Crippen LogP contribution >= 0.6 is 0 Å². The first-order chi connectivity index (χ1) is 10.6. The summed E-state index contributed by atoms with van der Waals surface area (Å²) in [5, 5.41) is 6.54. The van der Waals surface area contributed by atoms with E-state index in [4.69, 9.17) is 9.57 Å². The number of carbonyl (C=O) groups is 1. The van der Waals surface area contributed by atoms with Gasteiger partial charge in [-0.05, 0) is 31.5 Å². The lowest BCUT2D eigenvalue weighted by atomic mass is 10.2. The number of morpholine rings is 1. The van der Waals surface area contributed by atoms with Crippen molar-refractivity contribution in [2.75, 3.05) is 37.8 Å². The maximum Gasteiger partial charge on any atom is 0.260 e. The first-order valence-electron chi connectivity index (χ1n) is 7.52. The van der Waals surface area contributed by atoms with Crippen LogP contribution in [0.25, 0.3) is 0 Å². The third kappa shape index (κ3) is 5.37. The Labute approximate surface area is 131 Å². The van der Waals surface area contributed by atoms with E-state index in [0.29, 0.717) is 0 Å². The van der Waals surface area contributed by atoms with E-state index < -0.39 is 0 Å². The second kappa shape index (κ2) is 8.38. The minimum absolute atomic E-state index is 0.0689. The van der Waals surface area contributed by atoms with Gasteiger partial charge in [0, 0.05) is 24.8 Å². The van der Waals surface area contributed by atoms with Gasteiger partial charge in [0.2, 0.25) is 0 Å². The number of amides is 1. The molecule has 6 nitrogen and oxygen atoms in total. The molecule has 2 rings (SSSR count). The van der Waals surface area contributed by atoms with Gasteiger partial charge >= 0.3 is 0 Å². The van der Waals surface area contributed by atoms with Gasteiger partial charge in [-0.15, -0.1) is 0 Å². The van der Waals surface area contributed by atoms with E-state index in [9.17, 15) is 4.79 Å². The van der Waals surface area contributed by atoms with Crippen LogP contribution in [-0.2, 0) is 14.4 Å². The Balaban J connectivity index is 1.78. The van der Waals surface area contributed by atoms with Gasteiger partial charge in [0.15, 0.2) is 6.61 Å². The molecule has 22 heavy (non-hydrogen) atoms.